The van der Waals surface area contributed by atoms with Gasteiger partial charge in [0.05, 0.1) is 0 Å². The molecule has 0 aliphatic rings. The average molecular weight is 172 g/mol. The molecule has 5 nitrogen and oxygen atoms in total. The minimum Gasteiger partial charge on any atom is -0.445 e. The van der Waals surface area contributed by atoms with Crippen LogP contribution in [0.4, 0.5) is 4.79 Å². The molecular formula is C7H12N2O3. The lowest BCUT2D eigenvalue weighted by Crippen LogP contribution is -2.42. The molecule has 0 aromatic heterocycles. The van der Waals surface area contributed by atoms with Gasteiger partial charge in [-0.25, -0.2) is 4.79 Å². The van der Waals surface area contributed by atoms with Crippen molar-refractivity contribution in [3.8, 4) is 0 Å². The Balaban J connectivity index is 3.68. The van der Waals surface area contributed by atoms with Crippen LogP contribution in [0.3, 0.4) is 0 Å². The third-order valence-electron chi connectivity index (χ3n) is 1.09. The van der Waals surface area contributed by atoms with E-state index in [4.69, 9.17) is 5.73 Å². The number of carbonyl (C=O) groups excluding carboxylic acids is 2. The molecule has 3 N–H and O–H groups in total. The number of hydrogen-bond acceptors (Lipinski definition) is 3. The van der Waals surface area contributed by atoms with Gasteiger partial charge in [0.1, 0.15) is 12.6 Å². The topological polar surface area (TPSA) is 81.4 Å². The van der Waals surface area contributed by atoms with Crippen molar-refractivity contribution in [3.63, 3.8) is 0 Å². The largest absolute Gasteiger partial charge is 0.445 e. The molecule has 0 bridgehead atoms. The monoisotopic (exact) mass is 172 g/mol. The van der Waals surface area contributed by atoms with Crippen LogP contribution in [0, 0.1) is 0 Å². The number of rotatable bonds is 4. The molecule has 68 valence electrons. The molecule has 1 unspecified atom stereocenters. The van der Waals surface area contributed by atoms with Crippen molar-refractivity contribution in [1.29, 1.82) is 0 Å². The standard InChI is InChI=1S/C7H12N2O3/c1-3-4-12-7(11)9-5(2)6(8)10/h3,5H,1,4H2,2H3,(H2,8,10)(H,9,11). The Morgan fingerprint density at radius 3 is 2.75 bits per heavy atom. The predicted molar refractivity (Wildman–Crippen MR) is 43.3 cm³/mol. The summed E-state index contributed by atoms with van der Waals surface area (Å²) in [4.78, 5) is 21.2. The van der Waals surface area contributed by atoms with E-state index in [-0.39, 0.29) is 6.61 Å². The number of amides is 2. The molecule has 0 spiro atoms. The van der Waals surface area contributed by atoms with E-state index in [0.29, 0.717) is 0 Å². The fraction of sp³-hybridized carbons (Fsp3) is 0.429. The van der Waals surface area contributed by atoms with E-state index >= 15 is 0 Å². The van der Waals surface area contributed by atoms with Crippen LogP contribution < -0.4 is 11.1 Å². The average Bonchev–Trinajstić information content (AvgIpc) is 2.00. The lowest BCUT2D eigenvalue weighted by atomic mass is 10.3. The highest BCUT2D eigenvalue weighted by molar-refractivity contribution is 5.83. The van der Waals surface area contributed by atoms with Gasteiger partial charge in [0.2, 0.25) is 5.91 Å². The second kappa shape index (κ2) is 5.17. The summed E-state index contributed by atoms with van der Waals surface area (Å²) in [6.45, 7) is 4.93. The summed E-state index contributed by atoms with van der Waals surface area (Å²) in [5, 5.41) is 2.23. The third kappa shape index (κ3) is 4.32. The SMILES string of the molecule is C=CCOC(=O)NC(C)C(N)=O. The molecule has 0 saturated carbocycles. The van der Waals surface area contributed by atoms with E-state index in [1.165, 1.54) is 13.0 Å². The summed E-state index contributed by atoms with van der Waals surface area (Å²) in [6, 6.07) is -0.720. The van der Waals surface area contributed by atoms with Crippen molar-refractivity contribution in [2.24, 2.45) is 5.73 Å². The minimum absolute atomic E-state index is 0.108. The molecule has 0 saturated heterocycles. The molecule has 0 radical (unpaired) electrons. The Labute approximate surface area is 70.6 Å². The van der Waals surface area contributed by atoms with Crippen LogP contribution >= 0.6 is 0 Å². The van der Waals surface area contributed by atoms with Gasteiger partial charge in [0.15, 0.2) is 0 Å². The summed E-state index contributed by atoms with van der Waals surface area (Å²) >= 11 is 0. The van der Waals surface area contributed by atoms with Crippen LogP contribution in [0.15, 0.2) is 12.7 Å². The number of primary amides is 1. The first-order valence-corrected chi connectivity index (χ1v) is 3.41. The normalized spacial score (nSPS) is 11.4. The molecule has 0 fully saturated rings. The summed E-state index contributed by atoms with van der Waals surface area (Å²) in [5.74, 6) is -0.606. The Morgan fingerprint density at radius 1 is 1.75 bits per heavy atom. The molecule has 1 atom stereocenters. The molecule has 2 amide bonds. The maximum atomic E-state index is 10.7. The van der Waals surface area contributed by atoms with Gasteiger partial charge in [-0.1, -0.05) is 12.7 Å². The summed E-state index contributed by atoms with van der Waals surface area (Å²) < 4.78 is 4.54. The quantitative estimate of drug-likeness (QED) is 0.575. The van der Waals surface area contributed by atoms with E-state index in [2.05, 4.69) is 16.6 Å². The lowest BCUT2D eigenvalue weighted by molar-refractivity contribution is -0.119. The van der Waals surface area contributed by atoms with Gasteiger partial charge < -0.3 is 15.8 Å². The van der Waals surface area contributed by atoms with Gasteiger partial charge in [0.25, 0.3) is 0 Å². The molecular weight excluding hydrogens is 160 g/mol. The van der Waals surface area contributed by atoms with Crippen molar-refractivity contribution in [1.82, 2.24) is 5.32 Å². The van der Waals surface area contributed by atoms with Crippen LogP contribution in [-0.4, -0.2) is 24.6 Å². The maximum Gasteiger partial charge on any atom is 0.408 e. The molecule has 0 aliphatic heterocycles. The van der Waals surface area contributed by atoms with Crippen molar-refractivity contribution in [2.75, 3.05) is 6.61 Å². The Bertz CT molecular complexity index is 191. The van der Waals surface area contributed by atoms with E-state index in [9.17, 15) is 9.59 Å². The van der Waals surface area contributed by atoms with Crippen LogP contribution in [-0.2, 0) is 9.53 Å². The third-order valence-corrected chi connectivity index (χ3v) is 1.09. The molecule has 5 heteroatoms. The highest BCUT2D eigenvalue weighted by atomic mass is 16.5. The van der Waals surface area contributed by atoms with Crippen molar-refractivity contribution >= 4 is 12.0 Å². The maximum absolute atomic E-state index is 10.7. The molecule has 12 heavy (non-hydrogen) atoms. The molecule has 0 aliphatic carbocycles. The van der Waals surface area contributed by atoms with Crippen LogP contribution in [0.5, 0.6) is 0 Å². The fourth-order valence-corrected chi connectivity index (χ4v) is 0.424. The van der Waals surface area contributed by atoms with Gasteiger partial charge >= 0.3 is 6.09 Å². The number of nitrogens with two attached hydrogens (primary N) is 1. The van der Waals surface area contributed by atoms with Gasteiger partial charge in [-0.15, -0.1) is 0 Å². The van der Waals surface area contributed by atoms with Gasteiger partial charge in [-0.05, 0) is 6.92 Å². The number of ether oxygens (including phenoxy) is 1. The number of alkyl carbamates (subject to hydrolysis) is 1. The molecule has 0 aromatic rings. The van der Waals surface area contributed by atoms with Crippen molar-refractivity contribution in [3.05, 3.63) is 12.7 Å². The Morgan fingerprint density at radius 2 is 2.33 bits per heavy atom. The van der Waals surface area contributed by atoms with Crippen LogP contribution in [0.25, 0.3) is 0 Å². The zero-order valence-corrected chi connectivity index (χ0v) is 6.87. The van der Waals surface area contributed by atoms with E-state index in [1.807, 2.05) is 0 Å². The lowest BCUT2D eigenvalue weighted by Gasteiger charge is -2.08. The predicted octanol–water partition coefficient (Wildman–Crippen LogP) is -0.228. The van der Waals surface area contributed by atoms with Crippen molar-refractivity contribution < 1.29 is 14.3 Å². The number of nitrogens with one attached hydrogen (secondary N) is 1. The van der Waals surface area contributed by atoms with E-state index in [0.717, 1.165) is 0 Å². The van der Waals surface area contributed by atoms with E-state index in [1.54, 1.807) is 0 Å². The fourth-order valence-electron chi connectivity index (χ4n) is 0.424. The second-order valence-electron chi connectivity index (χ2n) is 2.16. The first kappa shape index (κ1) is 10.5. The van der Waals surface area contributed by atoms with E-state index < -0.39 is 18.0 Å². The van der Waals surface area contributed by atoms with Crippen LogP contribution in [0.2, 0.25) is 0 Å². The minimum atomic E-state index is -0.720. The smallest absolute Gasteiger partial charge is 0.408 e. The highest BCUT2D eigenvalue weighted by Crippen LogP contribution is 1.83. The first-order chi connectivity index (χ1) is 5.57. The van der Waals surface area contributed by atoms with Gasteiger partial charge in [-0.3, -0.25) is 4.79 Å². The molecule has 0 heterocycles. The second-order valence-corrected chi connectivity index (χ2v) is 2.16. The number of hydrogen-bond donors (Lipinski definition) is 2. The highest BCUT2D eigenvalue weighted by Gasteiger charge is 2.11. The van der Waals surface area contributed by atoms with Gasteiger partial charge in [0, 0.05) is 0 Å². The Kier molecular flexibility index (Phi) is 4.52. The molecule has 0 rings (SSSR count). The molecule has 0 aromatic carbocycles. The van der Waals surface area contributed by atoms with Crippen LogP contribution in [0.1, 0.15) is 6.92 Å². The Hall–Kier alpha value is -1.52. The number of carbonyl (C=O) groups is 2. The zero-order chi connectivity index (χ0) is 9.56. The summed E-state index contributed by atoms with van der Waals surface area (Å²) in [7, 11) is 0. The summed E-state index contributed by atoms with van der Waals surface area (Å²) in [5.41, 5.74) is 4.88. The zero-order valence-electron chi connectivity index (χ0n) is 6.87. The van der Waals surface area contributed by atoms with Crippen molar-refractivity contribution in [2.45, 2.75) is 13.0 Å². The first-order valence-electron chi connectivity index (χ1n) is 3.41. The summed E-state index contributed by atoms with van der Waals surface area (Å²) in [6.07, 6.45) is 0.746. The van der Waals surface area contributed by atoms with Gasteiger partial charge in [-0.2, -0.15) is 0 Å².